The third-order valence-electron chi connectivity index (χ3n) is 3.05. The van der Waals surface area contributed by atoms with Gasteiger partial charge in [0.05, 0.1) is 33.3 Å². The maximum atomic E-state index is 12.2. The Hall–Kier alpha value is -2.19. The lowest BCUT2D eigenvalue weighted by atomic mass is 10.4. The summed E-state index contributed by atoms with van der Waals surface area (Å²) in [5.74, 6) is 0.275. The van der Waals surface area contributed by atoms with Crippen molar-refractivity contribution in [3.8, 4) is 0 Å². The lowest BCUT2D eigenvalue weighted by molar-refractivity contribution is -0.133. The van der Waals surface area contributed by atoms with Gasteiger partial charge in [0, 0.05) is 6.08 Å². The summed E-state index contributed by atoms with van der Waals surface area (Å²) >= 11 is 1.19. The van der Waals surface area contributed by atoms with E-state index in [9.17, 15) is 9.59 Å². The van der Waals surface area contributed by atoms with Crippen molar-refractivity contribution in [1.29, 1.82) is 0 Å². The van der Waals surface area contributed by atoms with Crippen LogP contribution in [0.25, 0.3) is 6.08 Å². The van der Waals surface area contributed by atoms with Crippen LogP contribution in [0, 0.1) is 0 Å². The van der Waals surface area contributed by atoms with Crippen LogP contribution < -0.4 is 14.9 Å². The summed E-state index contributed by atoms with van der Waals surface area (Å²) in [5, 5.41) is 0. The molecule has 3 heterocycles. The highest BCUT2D eigenvalue weighted by Crippen LogP contribution is 2.07. The fourth-order valence-corrected chi connectivity index (χ4v) is 2.97. The number of thiazole rings is 1. The summed E-state index contributed by atoms with van der Waals surface area (Å²) in [6.45, 7) is 1.48. The van der Waals surface area contributed by atoms with Gasteiger partial charge >= 0.3 is 5.97 Å². The minimum Gasteiger partial charge on any atom is -0.468 e. The molecular formula is C13H13N3O4S. The van der Waals surface area contributed by atoms with Gasteiger partial charge in [0.25, 0.3) is 5.56 Å². The summed E-state index contributed by atoms with van der Waals surface area (Å²) in [7, 11) is 1.28. The highest BCUT2D eigenvalue weighted by atomic mass is 32.1. The second-order valence-electron chi connectivity index (χ2n) is 4.50. The van der Waals surface area contributed by atoms with E-state index in [0.29, 0.717) is 29.2 Å². The molecule has 0 saturated carbocycles. The molecule has 1 aliphatic rings. The topological polar surface area (TPSA) is 77.0 Å². The number of aromatic nitrogens is 1. The molecule has 7 nitrogen and oxygen atoms in total. The van der Waals surface area contributed by atoms with Crippen LogP contribution in [0.15, 0.2) is 32.6 Å². The van der Waals surface area contributed by atoms with E-state index >= 15 is 0 Å². The fraction of sp³-hybridized carbons (Fsp3) is 0.308. The predicted molar refractivity (Wildman–Crippen MR) is 75.0 cm³/mol. The Balaban J connectivity index is 1.88. The van der Waals surface area contributed by atoms with E-state index in [4.69, 9.17) is 4.42 Å². The number of nitrogens with zero attached hydrogens (tertiary/aromatic N) is 3. The summed E-state index contributed by atoms with van der Waals surface area (Å²) in [5.41, 5.74) is -0.228. The average Bonchev–Trinajstić information content (AvgIpc) is 3.09. The van der Waals surface area contributed by atoms with E-state index < -0.39 is 5.97 Å². The Bertz CT molecular complexity index is 819. The minimum absolute atomic E-state index is 0.228. The fourth-order valence-electron chi connectivity index (χ4n) is 2.04. The van der Waals surface area contributed by atoms with Crippen LogP contribution in [0.2, 0.25) is 0 Å². The smallest absolute Gasteiger partial charge is 0.332 e. The number of hydrogen-bond acceptors (Lipinski definition) is 7. The molecule has 0 aromatic carbocycles. The molecule has 0 atom stereocenters. The Morgan fingerprint density at radius 2 is 2.48 bits per heavy atom. The number of hydrogen-bond donors (Lipinski definition) is 0. The van der Waals surface area contributed by atoms with E-state index in [1.54, 1.807) is 10.8 Å². The van der Waals surface area contributed by atoms with Crippen molar-refractivity contribution in [3.63, 3.8) is 0 Å². The number of methoxy groups -OCH3 is 1. The van der Waals surface area contributed by atoms with E-state index in [-0.39, 0.29) is 5.56 Å². The van der Waals surface area contributed by atoms with Gasteiger partial charge in [-0.05, 0) is 12.1 Å². The number of esters is 1. The molecule has 0 saturated heterocycles. The Morgan fingerprint density at radius 1 is 1.62 bits per heavy atom. The maximum absolute atomic E-state index is 12.2. The van der Waals surface area contributed by atoms with Gasteiger partial charge in [-0.3, -0.25) is 14.3 Å². The first-order chi connectivity index (χ1) is 10.2. The molecule has 0 radical (unpaired) electrons. The monoisotopic (exact) mass is 307 g/mol. The summed E-state index contributed by atoms with van der Waals surface area (Å²) < 4.78 is 11.7. The van der Waals surface area contributed by atoms with Crippen molar-refractivity contribution in [3.05, 3.63) is 43.8 Å². The van der Waals surface area contributed by atoms with Crippen molar-refractivity contribution in [1.82, 2.24) is 9.47 Å². The van der Waals surface area contributed by atoms with E-state index in [0.717, 1.165) is 5.76 Å². The Kier molecular flexibility index (Phi) is 3.72. The van der Waals surface area contributed by atoms with Gasteiger partial charge in [-0.25, -0.2) is 9.79 Å². The molecular weight excluding hydrogens is 294 g/mol. The first-order valence-corrected chi connectivity index (χ1v) is 7.07. The van der Waals surface area contributed by atoms with Gasteiger partial charge in [0.1, 0.15) is 10.3 Å². The van der Waals surface area contributed by atoms with Gasteiger partial charge in [-0.15, -0.1) is 0 Å². The molecule has 2 aromatic heterocycles. The van der Waals surface area contributed by atoms with Crippen LogP contribution in [0.3, 0.4) is 0 Å². The molecule has 1 aliphatic heterocycles. The lowest BCUT2D eigenvalue weighted by Gasteiger charge is -2.21. The first kappa shape index (κ1) is 13.8. The molecule has 21 heavy (non-hydrogen) atoms. The lowest BCUT2D eigenvalue weighted by Crippen LogP contribution is -2.42. The number of fused-ring (bicyclic) bond motifs is 1. The molecule has 0 bridgehead atoms. The van der Waals surface area contributed by atoms with Gasteiger partial charge in [-0.1, -0.05) is 11.3 Å². The second-order valence-corrected chi connectivity index (χ2v) is 5.51. The summed E-state index contributed by atoms with van der Waals surface area (Å²) in [6.07, 6.45) is 2.81. The molecule has 0 amide bonds. The van der Waals surface area contributed by atoms with Crippen molar-refractivity contribution < 1.29 is 13.9 Å². The second kappa shape index (κ2) is 5.66. The summed E-state index contributed by atoms with van der Waals surface area (Å²) in [4.78, 5) is 30.4. The van der Waals surface area contributed by atoms with Crippen LogP contribution in [-0.2, 0) is 22.7 Å². The van der Waals surface area contributed by atoms with E-state index in [2.05, 4.69) is 9.73 Å². The largest absolute Gasteiger partial charge is 0.468 e. The molecule has 0 N–H and O–H groups in total. The van der Waals surface area contributed by atoms with E-state index in [1.165, 1.54) is 24.5 Å². The van der Waals surface area contributed by atoms with Gasteiger partial charge in [0.2, 0.25) is 0 Å². The highest BCUT2D eigenvalue weighted by Gasteiger charge is 2.16. The van der Waals surface area contributed by atoms with Crippen LogP contribution in [0.1, 0.15) is 5.76 Å². The normalized spacial score (nSPS) is 15.6. The Morgan fingerprint density at radius 3 is 3.19 bits per heavy atom. The minimum atomic E-state index is -0.543. The van der Waals surface area contributed by atoms with Crippen molar-refractivity contribution in [2.24, 2.45) is 4.99 Å². The SMILES string of the molecule is COC(=O)C=c1sc2n(c1=O)CN(Cc1ccco1)CN=2. The number of carbonyl (C=O) groups is 1. The van der Waals surface area contributed by atoms with Crippen molar-refractivity contribution in [2.75, 3.05) is 13.8 Å². The number of carbonyl (C=O) groups excluding carboxylic acids is 1. The van der Waals surface area contributed by atoms with Crippen molar-refractivity contribution >= 4 is 23.4 Å². The molecule has 8 heteroatoms. The van der Waals surface area contributed by atoms with Crippen LogP contribution in [-0.4, -0.2) is 29.2 Å². The zero-order valence-electron chi connectivity index (χ0n) is 11.3. The quantitative estimate of drug-likeness (QED) is 0.715. The van der Waals surface area contributed by atoms with Crippen LogP contribution in [0.5, 0.6) is 0 Å². The first-order valence-electron chi connectivity index (χ1n) is 6.26. The zero-order chi connectivity index (χ0) is 14.8. The molecule has 0 aliphatic carbocycles. The number of furan rings is 1. The van der Waals surface area contributed by atoms with Gasteiger partial charge < -0.3 is 9.15 Å². The third kappa shape index (κ3) is 2.81. The maximum Gasteiger partial charge on any atom is 0.332 e. The van der Waals surface area contributed by atoms with Gasteiger partial charge in [0.15, 0.2) is 4.80 Å². The van der Waals surface area contributed by atoms with E-state index in [1.807, 2.05) is 17.0 Å². The molecule has 0 spiro atoms. The Labute approximate surface area is 123 Å². The summed E-state index contributed by atoms with van der Waals surface area (Å²) in [6, 6.07) is 3.70. The van der Waals surface area contributed by atoms with Crippen molar-refractivity contribution in [2.45, 2.75) is 13.2 Å². The molecule has 0 unspecified atom stereocenters. The molecule has 110 valence electrons. The standard InChI is InChI=1S/C13H13N3O4S/c1-19-11(17)5-10-12(18)16-8-15(7-14-13(16)21-10)6-9-3-2-4-20-9/h2-5H,6-8H2,1H3. The van der Waals surface area contributed by atoms with Crippen LogP contribution in [0.4, 0.5) is 0 Å². The van der Waals surface area contributed by atoms with Gasteiger partial charge in [-0.2, -0.15) is 0 Å². The number of rotatable bonds is 3. The van der Waals surface area contributed by atoms with Crippen LogP contribution >= 0.6 is 11.3 Å². The highest BCUT2D eigenvalue weighted by molar-refractivity contribution is 7.07. The predicted octanol–water partition coefficient (Wildman–Crippen LogP) is -0.493. The zero-order valence-corrected chi connectivity index (χ0v) is 12.1. The number of ether oxygens (including phenoxy) is 1. The molecule has 2 aromatic rings. The third-order valence-corrected chi connectivity index (χ3v) is 4.09. The molecule has 0 fully saturated rings. The molecule has 3 rings (SSSR count). The average molecular weight is 307 g/mol.